The van der Waals surface area contributed by atoms with Gasteiger partial charge in [0.15, 0.2) is 0 Å². The predicted octanol–water partition coefficient (Wildman–Crippen LogP) is 7.56. The number of nitrogens with zero attached hydrogens (tertiary/aromatic N) is 2. The monoisotopic (exact) mass is 599 g/mol. The van der Waals surface area contributed by atoms with Crippen LogP contribution in [0.3, 0.4) is 0 Å². The van der Waals surface area contributed by atoms with Crippen molar-refractivity contribution in [2.75, 3.05) is 17.3 Å². The Balaban J connectivity index is 1.77. The van der Waals surface area contributed by atoms with Crippen LogP contribution in [0.25, 0.3) is 0 Å². The number of carbonyl (C=O) groups is 2. The molecule has 41 heavy (non-hydrogen) atoms. The summed E-state index contributed by atoms with van der Waals surface area (Å²) in [5, 5.41) is 11.9. The second-order valence-corrected chi connectivity index (χ2v) is 11.1. The molecule has 6 nitrogen and oxygen atoms in total. The Kier molecular flexibility index (Phi) is 9.00. The zero-order valence-corrected chi connectivity index (χ0v) is 23.8. The number of carbonyl (C=O) groups excluding carboxylic acids is 2. The van der Waals surface area contributed by atoms with Crippen LogP contribution in [0.2, 0.25) is 5.02 Å². The summed E-state index contributed by atoms with van der Waals surface area (Å²) in [5.41, 5.74) is 0.652. The number of hydrogen-bond acceptors (Lipinski definition) is 5. The first-order valence-corrected chi connectivity index (χ1v) is 13.7. The summed E-state index contributed by atoms with van der Waals surface area (Å²) in [5.74, 6) is -0.668. The van der Waals surface area contributed by atoms with Gasteiger partial charge in [-0.3, -0.25) is 14.5 Å². The topological polar surface area (TPSA) is 82.4 Å². The minimum atomic E-state index is -4.59. The van der Waals surface area contributed by atoms with E-state index in [1.54, 1.807) is 36.4 Å². The van der Waals surface area contributed by atoms with Gasteiger partial charge >= 0.3 is 6.18 Å². The Hall–Kier alpha value is -3.94. The summed E-state index contributed by atoms with van der Waals surface area (Å²) in [6.07, 6.45) is -4.74. The fraction of sp³-hybridized carbons (Fsp3) is 0.233. The van der Waals surface area contributed by atoms with Gasteiger partial charge in [0.2, 0.25) is 5.91 Å². The molecule has 0 saturated carbocycles. The molecule has 2 amide bonds. The average Bonchev–Trinajstić information content (AvgIpc) is 3.25. The highest BCUT2D eigenvalue weighted by atomic mass is 35.5. The van der Waals surface area contributed by atoms with Crippen LogP contribution in [-0.2, 0) is 22.2 Å². The largest absolute Gasteiger partial charge is 0.495 e. The molecule has 1 atom stereocenters. The smallest absolute Gasteiger partial charge is 0.416 e. The van der Waals surface area contributed by atoms with E-state index >= 15 is 0 Å². The molecular weight excluding hydrogens is 575 g/mol. The maximum Gasteiger partial charge on any atom is 0.416 e. The molecule has 1 unspecified atom stereocenters. The van der Waals surface area contributed by atoms with Gasteiger partial charge < -0.3 is 10.1 Å². The molecule has 1 saturated heterocycles. The SMILES string of the molecule is COc1ccccc1NC(=O)/C(C#N)=C1\SC(Cc2cc(C(F)(F)F)ccc2Cl)C(=O)N1c1ccc(C(C)C)cc1. The fourth-order valence-corrected chi connectivity index (χ4v) is 5.76. The highest BCUT2D eigenvalue weighted by Crippen LogP contribution is 2.43. The lowest BCUT2D eigenvalue weighted by atomic mass is 10.0. The summed E-state index contributed by atoms with van der Waals surface area (Å²) < 4.78 is 45.4. The van der Waals surface area contributed by atoms with Crippen LogP contribution in [-0.4, -0.2) is 24.2 Å². The van der Waals surface area contributed by atoms with Crippen molar-refractivity contribution >= 4 is 46.6 Å². The average molecular weight is 600 g/mol. The van der Waals surface area contributed by atoms with Crippen LogP contribution in [0, 0.1) is 11.3 Å². The maximum atomic E-state index is 13.8. The number of anilines is 2. The minimum absolute atomic E-state index is 0.0651. The van der Waals surface area contributed by atoms with Crippen molar-refractivity contribution in [1.29, 1.82) is 5.26 Å². The van der Waals surface area contributed by atoms with Crippen LogP contribution in [0.4, 0.5) is 24.5 Å². The third-order valence-corrected chi connectivity index (χ3v) is 8.09. The van der Waals surface area contributed by atoms with Gasteiger partial charge in [0.25, 0.3) is 5.91 Å². The molecule has 1 N–H and O–H groups in total. The summed E-state index contributed by atoms with van der Waals surface area (Å²) in [7, 11) is 1.44. The molecule has 11 heteroatoms. The standard InChI is InChI=1S/C30H25ClF3N3O3S/c1-17(2)18-8-11-21(12-9-18)37-28(39)26(15-19-14-20(30(32,33)34)10-13-23(19)31)41-29(37)22(16-35)27(38)36-24-6-4-5-7-25(24)40-3/h4-14,17,26H,15H2,1-3H3,(H,36,38)/b29-22-. The van der Waals surface area contributed by atoms with E-state index in [2.05, 4.69) is 5.32 Å². The minimum Gasteiger partial charge on any atom is -0.495 e. The van der Waals surface area contributed by atoms with Crippen LogP contribution in [0.1, 0.15) is 36.5 Å². The van der Waals surface area contributed by atoms with E-state index in [9.17, 15) is 28.0 Å². The van der Waals surface area contributed by atoms with Crippen LogP contribution >= 0.6 is 23.4 Å². The molecule has 0 radical (unpaired) electrons. The highest BCUT2D eigenvalue weighted by Gasteiger charge is 2.41. The number of alkyl halides is 3. The third kappa shape index (κ3) is 6.53. The van der Waals surface area contributed by atoms with Crippen molar-refractivity contribution in [2.45, 2.75) is 37.6 Å². The van der Waals surface area contributed by atoms with Crippen molar-refractivity contribution < 1.29 is 27.5 Å². The van der Waals surface area contributed by atoms with Crippen molar-refractivity contribution in [3.8, 4) is 11.8 Å². The third-order valence-electron chi connectivity index (χ3n) is 6.46. The highest BCUT2D eigenvalue weighted by molar-refractivity contribution is 8.05. The molecule has 0 bridgehead atoms. The number of nitrogens with one attached hydrogen (secondary N) is 1. The molecule has 0 aliphatic carbocycles. The normalized spacial score (nSPS) is 16.5. The zero-order chi connectivity index (χ0) is 29.9. The zero-order valence-electron chi connectivity index (χ0n) is 22.3. The Labute approximate surface area is 244 Å². The van der Waals surface area contributed by atoms with E-state index in [1.807, 2.05) is 32.0 Å². The van der Waals surface area contributed by atoms with Crippen LogP contribution in [0.15, 0.2) is 77.3 Å². The predicted molar refractivity (Wildman–Crippen MR) is 154 cm³/mol. The van der Waals surface area contributed by atoms with Gasteiger partial charge in [-0.05, 0) is 65.9 Å². The van der Waals surface area contributed by atoms with Gasteiger partial charge in [0.1, 0.15) is 22.4 Å². The second kappa shape index (κ2) is 12.3. The molecular formula is C30H25ClF3N3O3S. The van der Waals surface area contributed by atoms with Crippen LogP contribution < -0.4 is 15.0 Å². The number of benzene rings is 3. The van der Waals surface area contributed by atoms with Gasteiger partial charge in [-0.1, -0.05) is 61.5 Å². The van der Waals surface area contributed by atoms with Gasteiger partial charge in [-0.25, -0.2) is 0 Å². The first kappa shape index (κ1) is 30.0. The second-order valence-electron chi connectivity index (χ2n) is 9.48. The number of amides is 2. The number of methoxy groups -OCH3 is 1. The molecule has 0 aromatic heterocycles. The lowest BCUT2D eigenvalue weighted by Crippen LogP contribution is -2.31. The Morgan fingerprint density at radius 1 is 1.15 bits per heavy atom. The molecule has 1 fully saturated rings. The van der Waals surface area contributed by atoms with Crippen molar-refractivity contribution in [3.05, 3.63) is 99.0 Å². The summed E-state index contributed by atoms with van der Waals surface area (Å²) in [6.45, 7) is 4.03. The van der Waals surface area contributed by atoms with E-state index in [0.29, 0.717) is 17.1 Å². The van der Waals surface area contributed by atoms with Gasteiger partial charge in [-0.2, -0.15) is 18.4 Å². The Morgan fingerprint density at radius 2 is 1.83 bits per heavy atom. The molecule has 1 aliphatic rings. The molecule has 212 valence electrons. The Morgan fingerprint density at radius 3 is 2.44 bits per heavy atom. The molecule has 1 heterocycles. The van der Waals surface area contributed by atoms with E-state index in [1.165, 1.54) is 12.0 Å². The number of para-hydroxylation sites is 2. The number of hydrogen-bond donors (Lipinski definition) is 1. The summed E-state index contributed by atoms with van der Waals surface area (Å²) in [4.78, 5) is 28.4. The lowest BCUT2D eigenvalue weighted by molar-refractivity contribution is -0.137. The quantitative estimate of drug-likeness (QED) is 0.224. The van der Waals surface area contributed by atoms with Crippen molar-refractivity contribution in [1.82, 2.24) is 0 Å². The van der Waals surface area contributed by atoms with Crippen molar-refractivity contribution in [3.63, 3.8) is 0 Å². The van der Waals surface area contributed by atoms with E-state index in [4.69, 9.17) is 16.3 Å². The molecule has 3 aromatic carbocycles. The molecule has 0 spiro atoms. The number of nitriles is 1. The summed E-state index contributed by atoms with van der Waals surface area (Å²) >= 11 is 7.16. The first-order chi connectivity index (χ1) is 19.4. The number of thioether (sulfide) groups is 1. The van der Waals surface area contributed by atoms with Gasteiger partial charge in [0, 0.05) is 10.7 Å². The van der Waals surface area contributed by atoms with E-state index in [-0.39, 0.29) is 33.5 Å². The maximum absolute atomic E-state index is 13.8. The van der Waals surface area contributed by atoms with Gasteiger partial charge in [-0.15, -0.1) is 0 Å². The molecule has 4 rings (SSSR count). The number of ether oxygens (including phenoxy) is 1. The Bertz CT molecular complexity index is 1550. The number of rotatable bonds is 7. The first-order valence-electron chi connectivity index (χ1n) is 12.5. The summed E-state index contributed by atoms with van der Waals surface area (Å²) in [6, 6.07) is 18.6. The fourth-order valence-electron chi connectivity index (χ4n) is 4.27. The van der Waals surface area contributed by atoms with E-state index < -0.39 is 28.8 Å². The van der Waals surface area contributed by atoms with Crippen molar-refractivity contribution in [2.24, 2.45) is 0 Å². The van der Waals surface area contributed by atoms with E-state index in [0.717, 1.165) is 35.5 Å². The number of halogens is 4. The van der Waals surface area contributed by atoms with Crippen LogP contribution in [0.5, 0.6) is 5.75 Å². The molecule has 3 aromatic rings. The van der Waals surface area contributed by atoms with Gasteiger partial charge in [0.05, 0.1) is 23.6 Å². The molecule has 1 aliphatic heterocycles. The lowest BCUT2D eigenvalue weighted by Gasteiger charge is -2.20.